The summed E-state index contributed by atoms with van der Waals surface area (Å²) >= 11 is 3.38. The Morgan fingerprint density at radius 1 is 1.53 bits per heavy atom. The van der Waals surface area contributed by atoms with Gasteiger partial charge in [0.2, 0.25) is 0 Å². The molecule has 0 aromatic carbocycles. The highest BCUT2D eigenvalue weighted by Crippen LogP contribution is 2.19. The highest BCUT2D eigenvalue weighted by atomic mass is 79.9. The molecule has 1 aromatic rings. The number of halogens is 1. The van der Waals surface area contributed by atoms with E-state index in [1.54, 1.807) is 6.20 Å². The molecule has 0 bridgehead atoms. The fourth-order valence-corrected chi connectivity index (χ4v) is 4.30. The summed E-state index contributed by atoms with van der Waals surface area (Å²) in [7, 11) is -0.843. The van der Waals surface area contributed by atoms with Crippen LogP contribution in [-0.4, -0.2) is 42.9 Å². The van der Waals surface area contributed by atoms with Crippen molar-refractivity contribution in [3.8, 4) is 0 Å². The van der Waals surface area contributed by atoms with E-state index in [2.05, 4.69) is 25.8 Å². The Morgan fingerprint density at radius 3 is 2.88 bits per heavy atom. The highest BCUT2D eigenvalue weighted by Gasteiger charge is 2.30. The van der Waals surface area contributed by atoms with E-state index in [0.29, 0.717) is 5.75 Å². The molecule has 94 valence electrons. The molecule has 17 heavy (non-hydrogen) atoms. The van der Waals surface area contributed by atoms with Gasteiger partial charge in [-0.05, 0) is 41.0 Å². The van der Waals surface area contributed by atoms with Crippen molar-refractivity contribution in [2.24, 2.45) is 0 Å². The number of pyridine rings is 1. The standard InChI is InChI=1S/C11H15BrN2O2S/c1-14(11-2-3-17(15,16)8-11)7-9-4-10(12)6-13-5-9/h4-6,11H,2-3,7-8H2,1H3. The molecule has 0 N–H and O–H groups in total. The Bertz CT molecular complexity index is 504. The molecule has 1 aromatic heterocycles. The Balaban J connectivity index is 2.00. The first kappa shape index (κ1) is 13.0. The SMILES string of the molecule is CN(Cc1cncc(Br)c1)C1CCS(=O)(=O)C1. The summed E-state index contributed by atoms with van der Waals surface area (Å²) in [6.45, 7) is 0.729. The van der Waals surface area contributed by atoms with Gasteiger partial charge >= 0.3 is 0 Å². The van der Waals surface area contributed by atoms with Gasteiger partial charge in [0.25, 0.3) is 0 Å². The van der Waals surface area contributed by atoms with Crippen LogP contribution in [0.2, 0.25) is 0 Å². The molecule has 2 heterocycles. The Kier molecular flexibility index (Phi) is 3.85. The summed E-state index contributed by atoms with van der Waals surface area (Å²) in [6.07, 6.45) is 4.29. The minimum Gasteiger partial charge on any atom is -0.298 e. The van der Waals surface area contributed by atoms with E-state index in [4.69, 9.17) is 0 Å². The van der Waals surface area contributed by atoms with Gasteiger partial charge in [0.1, 0.15) is 0 Å². The van der Waals surface area contributed by atoms with Crippen molar-refractivity contribution in [1.29, 1.82) is 0 Å². The van der Waals surface area contributed by atoms with E-state index in [1.807, 2.05) is 19.3 Å². The number of nitrogens with zero attached hydrogens (tertiary/aromatic N) is 2. The van der Waals surface area contributed by atoms with Gasteiger partial charge in [-0.1, -0.05) is 0 Å². The first-order valence-electron chi connectivity index (χ1n) is 5.46. The van der Waals surface area contributed by atoms with E-state index in [-0.39, 0.29) is 11.8 Å². The second-order valence-corrected chi connectivity index (χ2v) is 7.63. The van der Waals surface area contributed by atoms with Crippen molar-refractivity contribution in [2.45, 2.75) is 19.0 Å². The Hall–Kier alpha value is -0.460. The minimum absolute atomic E-state index is 0.138. The topological polar surface area (TPSA) is 50.3 Å². The van der Waals surface area contributed by atoms with Crippen LogP contribution in [0.25, 0.3) is 0 Å². The Morgan fingerprint density at radius 2 is 2.29 bits per heavy atom. The lowest BCUT2D eigenvalue weighted by molar-refractivity contribution is 0.253. The van der Waals surface area contributed by atoms with Crippen molar-refractivity contribution in [3.63, 3.8) is 0 Å². The number of rotatable bonds is 3. The summed E-state index contributed by atoms with van der Waals surface area (Å²) in [5.74, 6) is 0.601. The summed E-state index contributed by atoms with van der Waals surface area (Å²) in [5, 5.41) is 0. The largest absolute Gasteiger partial charge is 0.298 e. The third-order valence-electron chi connectivity index (χ3n) is 3.03. The zero-order chi connectivity index (χ0) is 12.5. The van der Waals surface area contributed by atoms with Gasteiger partial charge in [0.05, 0.1) is 11.5 Å². The van der Waals surface area contributed by atoms with Crippen LogP contribution in [0.1, 0.15) is 12.0 Å². The molecule has 6 heteroatoms. The molecular formula is C11H15BrN2O2S. The summed E-state index contributed by atoms with van der Waals surface area (Å²) in [6, 6.07) is 2.14. The number of sulfone groups is 1. The third-order valence-corrected chi connectivity index (χ3v) is 5.21. The average molecular weight is 319 g/mol. The molecule has 0 spiro atoms. The number of hydrogen-bond acceptors (Lipinski definition) is 4. The summed E-state index contributed by atoms with van der Waals surface area (Å²) in [5.41, 5.74) is 1.09. The molecule has 1 aliphatic heterocycles. The van der Waals surface area contributed by atoms with Crippen molar-refractivity contribution < 1.29 is 8.42 Å². The van der Waals surface area contributed by atoms with Crippen molar-refractivity contribution in [3.05, 3.63) is 28.5 Å². The van der Waals surface area contributed by atoms with Crippen LogP contribution in [0, 0.1) is 0 Å². The summed E-state index contributed by atoms with van der Waals surface area (Å²) < 4.78 is 23.8. The van der Waals surface area contributed by atoms with Crippen LogP contribution in [0.3, 0.4) is 0 Å². The maximum Gasteiger partial charge on any atom is 0.151 e. The van der Waals surface area contributed by atoms with Gasteiger partial charge in [-0.15, -0.1) is 0 Å². The second kappa shape index (κ2) is 5.04. The molecule has 1 aliphatic rings. The normalized spacial score (nSPS) is 23.1. The molecular weight excluding hydrogens is 304 g/mol. The monoisotopic (exact) mass is 318 g/mol. The second-order valence-electron chi connectivity index (χ2n) is 4.48. The molecule has 0 aliphatic carbocycles. The predicted molar refractivity (Wildman–Crippen MR) is 70.5 cm³/mol. The van der Waals surface area contributed by atoms with Crippen LogP contribution in [0.5, 0.6) is 0 Å². The van der Waals surface area contributed by atoms with Crippen LogP contribution in [0.15, 0.2) is 22.9 Å². The first-order valence-corrected chi connectivity index (χ1v) is 8.08. The van der Waals surface area contributed by atoms with E-state index < -0.39 is 9.84 Å². The molecule has 0 saturated carbocycles. The molecule has 2 rings (SSSR count). The van der Waals surface area contributed by atoms with E-state index >= 15 is 0 Å². The lowest BCUT2D eigenvalue weighted by Crippen LogP contribution is -2.32. The van der Waals surface area contributed by atoms with Crippen LogP contribution in [-0.2, 0) is 16.4 Å². The molecule has 1 unspecified atom stereocenters. The summed E-state index contributed by atoms with van der Waals surface area (Å²) in [4.78, 5) is 6.19. The zero-order valence-electron chi connectivity index (χ0n) is 9.63. The molecule has 1 saturated heterocycles. The maximum absolute atomic E-state index is 11.4. The van der Waals surface area contributed by atoms with Crippen LogP contribution in [0.4, 0.5) is 0 Å². The zero-order valence-corrected chi connectivity index (χ0v) is 12.0. The smallest absolute Gasteiger partial charge is 0.151 e. The van der Waals surface area contributed by atoms with Crippen molar-refractivity contribution in [2.75, 3.05) is 18.6 Å². The molecule has 1 fully saturated rings. The highest BCUT2D eigenvalue weighted by molar-refractivity contribution is 9.10. The molecule has 0 radical (unpaired) electrons. The lowest BCUT2D eigenvalue weighted by atomic mass is 10.2. The van der Waals surface area contributed by atoms with E-state index in [1.165, 1.54) is 0 Å². The number of aromatic nitrogens is 1. The molecule has 0 amide bonds. The fourth-order valence-electron chi connectivity index (χ4n) is 2.08. The first-order chi connectivity index (χ1) is 7.96. The predicted octanol–water partition coefficient (Wildman–Crippen LogP) is 1.46. The maximum atomic E-state index is 11.4. The van der Waals surface area contributed by atoms with Crippen molar-refractivity contribution >= 4 is 25.8 Å². The minimum atomic E-state index is -2.81. The van der Waals surface area contributed by atoms with Gasteiger partial charge in [-0.3, -0.25) is 9.88 Å². The third kappa shape index (κ3) is 3.50. The molecule has 1 atom stereocenters. The van der Waals surface area contributed by atoms with Crippen LogP contribution >= 0.6 is 15.9 Å². The fraction of sp³-hybridized carbons (Fsp3) is 0.545. The Labute approximate surface area is 110 Å². The quantitative estimate of drug-likeness (QED) is 0.846. The van der Waals surface area contributed by atoms with Gasteiger partial charge in [-0.2, -0.15) is 0 Å². The van der Waals surface area contributed by atoms with E-state index in [0.717, 1.165) is 23.0 Å². The van der Waals surface area contributed by atoms with Crippen molar-refractivity contribution in [1.82, 2.24) is 9.88 Å². The van der Waals surface area contributed by atoms with Gasteiger partial charge in [0, 0.05) is 29.5 Å². The van der Waals surface area contributed by atoms with Gasteiger partial charge in [0.15, 0.2) is 9.84 Å². The number of hydrogen-bond donors (Lipinski definition) is 0. The average Bonchev–Trinajstić information content (AvgIpc) is 2.59. The lowest BCUT2D eigenvalue weighted by Gasteiger charge is -2.22. The van der Waals surface area contributed by atoms with Gasteiger partial charge < -0.3 is 0 Å². The van der Waals surface area contributed by atoms with E-state index in [9.17, 15) is 8.42 Å². The molecule has 4 nitrogen and oxygen atoms in total. The van der Waals surface area contributed by atoms with Gasteiger partial charge in [-0.25, -0.2) is 8.42 Å². The van der Waals surface area contributed by atoms with Crippen LogP contribution < -0.4 is 0 Å².